The summed E-state index contributed by atoms with van der Waals surface area (Å²) in [7, 11) is 1.37. The number of rotatable bonds is 7. The molecule has 1 amide bonds. The normalized spacial score (nSPS) is 16.3. The van der Waals surface area contributed by atoms with Crippen molar-refractivity contribution < 1.29 is 14.3 Å². The molecule has 4 nitrogen and oxygen atoms in total. The first-order chi connectivity index (χ1) is 18.1. The fourth-order valence-corrected chi connectivity index (χ4v) is 5.33. The molecule has 2 atom stereocenters. The van der Waals surface area contributed by atoms with Gasteiger partial charge in [-0.1, -0.05) is 79.2 Å². The van der Waals surface area contributed by atoms with Gasteiger partial charge in [0.25, 0.3) is 0 Å². The van der Waals surface area contributed by atoms with Crippen molar-refractivity contribution in [3.05, 3.63) is 106 Å². The fourth-order valence-electron chi connectivity index (χ4n) is 5.07. The van der Waals surface area contributed by atoms with Crippen molar-refractivity contribution in [3.63, 3.8) is 0 Å². The number of ether oxygens (including phenoxy) is 1. The van der Waals surface area contributed by atoms with Gasteiger partial charge >= 0.3 is 5.97 Å². The molecular formula is C33H36BrNO3. The molecule has 0 saturated heterocycles. The van der Waals surface area contributed by atoms with Crippen molar-refractivity contribution in [2.45, 2.75) is 52.4 Å². The maximum atomic E-state index is 13.5. The van der Waals surface area contributed by atoms with Crippen LogP contribution in [0.3, 0.4) is 0 Å². The summed E-state index contributed by atoms with van der Waals surface area (Å²) in [6.07, 6.45) is 6.31. The highest BCUT2D eigenvalue weighted by Crippen LogP contribution is 2.40. The molecule has 0 fully saturated rings. The number of allylic oxidation sites excluding steroid dienone is 2. The molecular weight excluding hydrogens is 538 g/mol. The third-order valence-corrected chi connectivity index (χ3v) is 8.09. The van der Waals surface area contributed by atoms with Crippen LogP contribution in [-0.4, -0.2) is 19.0 Å². The van der Waals surface area contributed by atoms with Gasteiger partial charge < -0.3 is 10.1 Å². The Labute approximate surface area is 234 Å². The second kappa shape index (κ2) is 12.1. The Morgan fingerprint density at radius 3 is 2.18 bits per heavy atom. The molecule has 1 aliphatic carbocycles. The Morgan fingerprint density at radius 2 is 1.63 bits per heavy atom. The number of nitrogens with one attached hydrogen (secondary N) is 1. The average molecular weight is 575 g/mol. The number of hydrogen-bond acceptors (Lipinski definition) is 3. The predicted octanol–water partition coefficient (Wildman–Crippen LogP) is 8.43. The molecule has 0 aromatic heterocycles. The number of carbonyl (C=O) groups is 2. The SMILES string of the molecule is COC(=O)c1ccc(CC(C(=O)Nc2ccc(Br)cc2)c2ccc(C3=CCC(C(C)(C)C)CC3)cc2)cc1. The molecule has 0 spiro atoms. The molecule has 198 valence electrons. The van der Waals surface area contributed by atoms with Crippen molar-refractivity contribution in [3.8, 4) is 0 Å². The van der Waals surface area contributed by atoms with Gasteiger partial charge in [0.1, 0.15) is 0 Å². The molecule has 1 aliphatic rings. The van der Waals surface area contributed by atoms with Gasteiger partial charge in [-0.3, -0.25) is 4.79 Å². The van der Waals surface area contributed by atoms with Gasteiger partial charge in [-0.05, 0) is 95.7 Å². The number of carbonyl (C=O) groups excluding carboxylic acids is 2. The predicted molar refractivity (Wildman–Crippen MR) is 158 cm³/mol. The maximum Gasteiger partial charge on any atom is 0.337 e. The summed E-state index contributed by atoms with van der Waals surface area (Å²) in [4.78, 5) is 25.4. The van der Waals surface area contributed by atoms with Crippen LogP contribution in [0, 0.1) is 11.3 Å². The summed E-state index contributed by atoms with van der Waals surface area (Å²) in [6, 6.07) is 23.3. The lowest BCUT2D eigenvalue weighted by Crippen LogP contribution is -2.23. The van der Waals surface area contributed by atoms with E-state index < -0.39 is 0 Å². The summed E-state index contributed by atoms with van der Waals surface area (Å²) in [6.45, 7) is 6.98. The molecule has 0 radical (unpaired) electrons. The van der Waals surface area contributed by atoms with Crippen LogP contribution < -0.4 is 5.32 Å². The molecule has 5 heteroatoms. The highest BCUT2D eigenvalue weighted by atomic mass is 79.9. The lowest BCUT2D eigenvalue weighted by molar-refractivity contribution is -0.117. The third-order valence-electron chi connectivity index (χ3n) is 7.56. The topological polar surface area (TPSA) is 55.4 Å². The molecule has 0 saturated carbocycles. The van der Waals surface area contributed by atoms with E-state index in [2.05, 4.69) is 72.4 Å². The van der Waals surface area contributed by atoms with Crippen LogP contribution in [0.5, 0.6) is 0 Å². The number of anilines is 1. The fraction of sp³-hybridized carbons (Fsp3) is 0.333. The minimum atomic E-state index is -0.387. The minimum Gasteiger partial charge on any atom is -0.465 e. The van der Waals surface area contributed by atoms with E-state index in [1.807, 2.05) is 36.4 Å². The van der Waals surface area contributed by atoms with E-state index in [0.717, 1.165) is 34.1 Å². The van der Waals surface area contributed by atoms with Crippen LogP contribution in [-0.2, 0) is 16.0 Å². The van der Waals surface area contributed by atoms with E-state index in [0.29, 0.717) is 23.3 Å². The lowest BCUT2D eigenvalue weighted by atomic mass is 9.72. The summed E-state index contributed by atoms with van der Waals surface area (Å²) < 4.78 is 5.77. The van der Waals surface area contributed by atoms with Crippen molar-refractivity contribution >= 4 is 39.1 Å². The Balaban J connectivity index is 1.56. The quantitative estimate of drug-likeness (QED) is 0.288. The van der Waals surface area contributed by atoms with Crippen LogP contribution in [0.4, 0.5) is 5.69 Å². The minimum absolute atomic E-state index is 0.0676. The first-order valence-electron chi connectivity index (χ1n) is 13.2. The van der Waals surface area contributed by atoms with Gasteiger partial charge in [-0.2, -0.15) is 0 Å². The molecule has 0 heterocycles. The van der Waals surface area contributed by atoms with Crippen LogP contribution >= 0.6 is 15.9 Å². The summed E-state index contributed by atoms with van der Waals surface area (Å²) in [5.74, 6) is -0.116. The van der Waals surface area contributed by atoms with E-state index in [1.54, 1.807) is 12.1 Å². The van der Waals surface area contributed by atoms with Crippen LogP contribution in [0.15, 0.2) is 83.3 Å². The number of esters is 1. The smallest absolute Gasteiger partial charge is 0.337 e. The molecule has 3 aromatic rings. The zero-order valence-corrected chi connectivity index (χ0v) is 24.2. The number of hydrogen-bond donors (Lipinski definition) is 1. The van der Waals surface area contributed by atoms with E-state index in [4.69, 9.17) is 4.74 Å². The molecule has 0 aliphatic heterocycles. The Hall–Kier alpha value is -3.18. The van der Waals surface area contributed by atoms with Crippen LogP contribution in [0.2, 0.25) is 0 Å². The Morgan fingerprint density at radius 1 is 0.974 bits per heavy atom. The number of benzene rings is 3. The average Bonchev–Trinajstić information content (AvgIpc) is 2.92. The van der Waals surface area contributed by atoms with Gasteiger partial charge in [0.2, 0.25) is 5.91 Å². The summed E-state index contributed by atoms with van der Waals surface area (Å²) >= 11 is 3.44. The van der Waals surface area contributed by atoms with Crippen LogP contribution in [0.1, 0.15) is 73.0 Å². The molecule has 0 bridgehead atoms. The largest absolute Gasteiger partial charge is 0.465 e. The lowest BCUT2D eigenvalue weighted by Gasteiger charge is -2.33. The van der Waals surface area contributed by atoms with E-state index in [-0.39, 0.29) is 17.8 Å². The van der Waals surface area contributed by atoms with Gasteiger partial charge in [0, 0.05) is 10.2 Å². The zero-order valence-electron chi connectivity index (χ0n) is 22.6. The first-order valence-corrected chi connectivity index (χ1v) is 14.0. The van der Waals surface area contributed by atoms with E-state index >= 15 is 0 Å². The van der Waals surface area contributed by atoms with Gasteiger partial charge in [0.05, 0.1) is 18.6 Å². The zero-order chi connectivity index (χ0) is 27.3. The third kappa shape index (κ3) is 7.02. The molecule has 2 unspecified atom stereocenters. The Kier molecular flexibility index (Phi) is 8.88. The van der Waals surface area contributed by atoms with Crippen molar-refractivity contribution in [2.75, 3.05) is 12.4 Å². The van der Waals surface area contributed by atoms with Crippen LogP contribution in [0.25, 0.3) is 5.57 Å². The number of amides is 1. The van der Waals surface area contributed by atoms with Crippen molar-refractivity contribution in [1.29, 1.82) is 0 Å². The van der Waals surface area contributed by atoms with E-state index in [1.165, 1.54) is 24.7 Å². The number of methoxy groups -OCH3 is 1. The molecule has 3 aromatic carbocycles. The van der Waals surface area contributed by atoms with Gasteiger partial charge in [0.15, 0.2) is 0 Å². The standard InChI is InChI=1S/C33H36BrNO3/c1-33(2,3)27-15-13-24(14-16-27)23-9-11-25(12-10-23)30(31(36)35-29-19-17-28(34)18-20-29)21-22-5-7-26(8-6-22)32(37)38-4/h5-13,17-20,27,30H,14-16,21H2,1-4H3,(H,35,36). The molecule has 38 heavy (non-hydrogen) atoms. The van der Waals surface area contributed by atoms with E-state index in [9.17, 15) is 9.59 Å². The monoisotopic (exact) mass is 573 g/mol. The van der Waals surface area contributed by atoms with Crippen molar-refractivity contribution in [2.24, 2.45) is 11.3 Å². The van der Waals surface area contributed by atoms with Crippen molar-refractivity contribution in [1.82, 2.24) is 0 Å². The molecule has 1 N–H and O–H groups in total. The highest BCUT2D eigenvalue weighted by Gasteiger charge is 2.27. The maximum absolute atomic E-state index is 13.5. The van der Waals surface area contributed by atoms with Gasteiger partial charge in [-0.25, -0.2) is 4.79 Å². The second-order valence-corrected chi connectivity index (χ2v) is 12.0. The highest BCUT2D eigenvalue weighted by molar-refractivity contribution is 9.10. The van der Waals surface area contributed by atoms with Gasteiger partial charge in [-0.15, -0.1) is 0 Å². The Bertz CT molecular complexity index is 1290. The second-order valence-electron chi connectivity index (χ2n) is 11.1. The first kappa shape index (κ1) is 27.8. The summed E-state index contributed by atoms with van der Waals surface area (Å²) in [5.41, 5.74) is 6.14. The summed E-state index contributed by atoms with van der Waals surface area (Å²) in [5, 5.41) is 3.08. The number of halogens is 1. The molecule has 4 rings (SSSR count).